The lowest BCUT2D eigenvalue weighted by atomic mass is 10.0. The van der Waals surface area contributed by atoms with Crippen molar-refractivity contribution >= 4 is 39.4 Å². The number of nitrogens with zero attached hydrogens (tertiary/aromatic N) is 2. The van der Waals surface area contributed by atoms with Crippen molar-refractivity contribution in [2.24, 2.45) is 11.8 Å². The van der Waals surface area contributed by atoms with Crippen molar-refractivity contribution in [2.45, 2.75) is 31.3 Å². The molecule has 1 amide bonds. The number of thioether (sulfide) groups is 1. The minimum Gasteiger partial charge on any atom is -0.310 e. The number of amides is 1. The quantitative estimate of drug-likeness (QED) is 0.665. The topological polar surface area (TPSA) is 54.9 Å². The molecule has 98 valence electrons. The van der Waals surface area contributed by atoms with E-state index in [1.165, 1.54) is 24.6 Å². The highest BCUT2D eigenvalue weighted by Crippen LogP contribution is 2.38. The summed E-state index contributed by atoms with van der Waals surface area (Å²) in [5.41, 5.74) is 0. The van der Waals surface area contributed by atoms with Crippen molar-refractivity contribution in [3.8, 4) is 0 Å². The van der Waals surface area contributed by atoms with Gasteiger partial charge in [0.1, 0.15) is 0 Å². The first-order chi connectivity index (χ1) is 8.60. The lowest BCUT2D eigenvalue weighted by Gasteiger charge is -2.11. The number of anilines is 1. The van der Waals surface area contributed by atoms with Gasteiger partial charge in [-0.05, 0) is 46.9 Å². The summed E-state index contributed by atoms with van der Waals surface area (Å²) in [6.45, 7) is 2.14. The fourth-order valence-electron chi connectivity index (χ4n) is 1.84. The Kier molecular flexibility index (Phi) is 4.61. The van der Waals surface area contributed by atoms with Gasteiger partial charge in [0.25, 0.3) is 0 Å². The molecule has 1 aliphatic carbocycles. The van der Waals surface area contributed by atoms with Crippen LogP contribution in [-0.2, 0) is 4.79 Å². The molecule has 0 aliphatic heterocycles. The average molecular weight is 330 g/mol. The van der Waals surface area contributed by atoms with E-state index in [2.05, 4.69) is 38.1 Å². The minimum absolute atomic E-state index is 0.0286. The van der Waals surface area contributed by atoms with E-state index in [0.29, 0.717) is 27.8 Å². The van der Waals surface area contributed by atoms with Gasteiger partial charge in [0.15, 0.2) is 11.0 Å². The molecule has 1 aromatic heterocycles. The predicted octanol–water partition coefficient (Wildman–Crippen LogP) is 3.34. The van der Waals surface area contributed by atoms with Gasteiger partial charge in [-0.2, -0.15) is 0 Å². The van der Waals surface area contributed by atoms with Crippen molar-refractivity contribution in [3.63, 3.8) is 0 Å². The molecule has 1 heterocycles. The Morgan fingerprint density at radius 2 is 2.39 bits per heavy atom. The third-order valence-electron chi connectivity index (χ3n) is 3.10. The minimum atomic E-state index is 0.0286. The average Bonchev–Trinajstić information content (AvgIpc) is 3.15. The van der Waals surface area contributed by atoms with Gasteiger partial charge in [0, 0.05) is 12.6 Å². The number of carbonyl (C=O) groups excluding carboxylic acids is 1. The van der Waals surface area contributed by atoms with E-state index >= 15 is 0 Å². The lowest BCUT2D eigenvalue weighted by Crippen LogP contribution is -2.17. The summed E-state index contributed by atoms with van der Waals surface area (Å²) < 4.78 is 0.715. The molecule has 0 bridgehead atoms. The van der Waals surface area contributed by atoms with Crippen LogP contribution in [0.2, 0.25) is 0 Å². The summed E-state index contributed by atoms with van der Waals surface area (Å²) in [4.78, 5) is 20.3. The second kappa shape index (κ2) is 6.02. The van der Waals surface area contributed by atoms with Crippen molar-refractivity contribution in [3.05, 3.63) is 10.7 Å². The van der Waals surface area contributed by atoms with Crippen LogP contribution in [0.25, 0.3) is 0 Å². The standard InChI is InChI=1S/C12H16BrN3OS/c1-7(8-3-4-8)5-10(17)15-11-9(13)6-14-12(16-11)18-2/h6-8H,3-5H2,1-2H3,(H,14,15,16,17). The van der Waals surface area contributed by atoms with Crippen molar-refractivity contribution in [1.82, 2.24) is 9.97 Å². The molecule has 0 saturated heterocycles. The smallest absolute Gasteiger partial charge is 0.225 e. The van der Waals surface area contributed by atoms with Gasteiger partial charge in [-0.15, -0.1) is 0 Å². The van der Waals surface area contributed by atoms with E-state index in [4.69, 9.17) is 0 Å². The Labute approximate surface area is 119 Å². The zero-order chi connectivity index (χ0) is 13.1. The normalized spacial score (nSPS) is 16.4. The largest absolute Gasteiger partial charge is 0.310 e. The number of carbonyl (C=O) groups is 1. The molecule has 4 nitrogen and oxygen atoms in total. The highest BCUT2D eigenvalue weighted by atomic mass is 79.9. The molecule has 1 saturated carbocycles. The maximum absolute atomic E-state index is 11.9. The number of halogens is 1. The van der Waals surface area contributed by atoms with Gasteiger partial charge >= 0.3 is 0 Å². The van der Waals surface area contributed by atoms with E-state index in [1.54, 1.807) is 6.20 Å². The molecule has 6 heteroatoms. The van der Waals surface area contributed by atoms with Gasteiger partial charge in [0.2, 0.25) is 5.91 Å². The summed E-state index contributed by atoms with van der Waals surface area (Å²) >= 11 is 4.80. The summed E-state index contributed by atoms with van der Waals surface area (Å²) in [5.74, 6) is 1.79. The Bertz CT molecular complexity index is 451. The van der Waals surface area contributed by atoms with Crippen molar-refractivity contribution in [2.75, 3.05) is 11.6 Å². The lowest BCUT2D eigenvalue weighted by molar-refractivity contribution is -0.117. The fourth-order valence-corrected chi connectivity index (χ4v) is 2.48. The molecule has 1 N–H and O–H groups in total. The maximum atomic E-state index is 11.9. The summed E-state index contributed by atoms with van der Waals surface area (Å²) in [7, 11) is 0. The molecular weight excluding hydrogens is 314 g/mol. The van der Waals surface area contributed by atoms with Gasteiger partial charge in [-0.3, -0.25) is 4.79 Å². The molecule has 0 aromatic carbocycles. The number of aromatic nitrogens is 2. The van der Waals surface area contributed by atoms with Crippen LogP contribution in [0.5, 0.6) is 0 Å². The predicted molar refractivity (Wildman–Crippen MR) is 76.6 cm³/mol. The van der Waals surface area contributed by atoms with Crippen LogP contribution in [0.4, 0.5) is 5.82 Å². The highest BCUT2D eigenvalue weighted by molar-refractivity contribution is 9.10. The number of hydrogen-bond donors (Lipinski definition) is 1. The Hall–Kier alpha value is -0.620. The highest BCUT2D eigenvalue weighted by Gasteiger charge is 2.29. The molecule has 1 aliphatic rings. The van der Waals surface area contributed by atoms with Crippen LogP contribution in [0.1, 0.15) is 26.2 Å². The van der Waals surface area contributed by atoms with Gasteiger partial charge in [-0.1, -0.05) is 18.7 Å². The summed E-state index contributed by atoms with van der Waals surface area (Å²) in [6, 6.07) is 0. The summed E-state index contributed by atoms with van der Waals surface area (Å²) in [5, 5.41) is 3.50. The second-order valence-electron chi connectivity index (χ2n) is 4.62. The number of hydrogen-bond acceptors (Lipinski definition) is 4. The first kappa shape index (κ1) is 13.8. The SMILES string of the molecule is CSc1ncc(Br)c(NC(=O)CC(C)C2CC2)n1. The summed E-state index contributed by atoms with van der Waals surface area (Å²) in [6.07, 6.45) is 6.67. The number of rotatable bonds is 5. The monoisotopic (exact) mass is 329 g/mol. The van der Waals surface area contributed by atoms with Crippen LogP contribution in [0.15, 0.2) is 15.8 Å². The molecule has 1 unspecified atom stereocenters. The zero-order valence-corrected chi connectivity index (χ0v) is 12.8. The third-order valence-corrected chi connectivity index (χ3v) is 4.24. The molecule has 2 rings (SSSR count). The molecule has 18 heavy (non-hydrogen) atoms. The van der Waals surface area contributed by atoms with E-state index in [0.717, 1.165) is 5.92 Å². The van der Waals surface area contributed by atoms with E-state index in [9.17, 15) is 4.79 Å². The van der Waals surface area contributed by atoms with Crippen molar-refractivity contribution < 1.29 is 4.79 Å². The van der Waals surface area contributed by atoms with E-state index < -0.39 is 0 Å². The molecule has 0 spiro atoms. The molecule has 1 atom stereocenters. The van der Waals surface area contributed by atoms with E-state index in [-0.39, 0.29) is 5.91 Å². The Morgan fingerprint density at radius 3 is 3.00 bits per heavy atom. The van der Waals surface area contributed by atoms with Crippen LogP contribution in [-0.4, -0.2) is 22.1 Å². The van der Waals surface area contributed by atoms with Crippen LogP contribution >= 0.6 is 27.7 Å². The first-order valence-electron chi connectivity index (χ1n) is 5.96. The number of nitrogens with one attached hydrogen (secondary N) is 1. The molecular formula is C12H16BrN3OS. The molecule has 1 fully saturated rings. The molecule has 0 radical (unpaired) electrons. The molecule has 1 aromatic rings. The second-order valence-corrected chi connectivity index (χ2v) is 6.25. The maximum Gasteiger partial charge on any atom is 0.225 e. The Morgan fingerprint density at radius 1 is 1.67 bits per heavy atom. The van der Waals surface area contributed by atoms with E-state index in [1.807, 2.05) is 6.26 Å². The van der Waals surface area contributed by atoms with Gasteiger partial charge < -0.3 is 5.32 Å². The van der Waals surface area contributed by atoms with Crippen LogP contribution in [0, 0.1) is 11.8 Å². The van der Waals surface area contributed by atoms with Crippen LogP contribution in [0.3, 0.4) is 0 Å². The zero-order valence-electron chi connectivity index (χ0n) is 10.4. The van der Waals surface area contributed by atoms with Gasteiger partial charge in [0.05, 0.1) is 4.47 Å². The Balaban J connectivity index is 1.96. The van der Waals surface area contributed by atoms with Gasteiger partial charge in [-0.25, -0.2) is 9.97 Å². The fraction of sp³-hybridized carbons (Fsp3) is 0.583. The van der Waals surface area contributed by atoms with Crippen LogP contribution < -0.4 is 5.32 Å². The third kappa shape index (κ3) is 3.68. The van der Waals surface area contributed by atoms with Crippen molar-refractivity contribution in [1.29, 1.82) is 0 Å². The first-order valence-corrected chi connectivity index (χ1v) is 7.98.